The average Bonchev–Trinajstić information content (AvgIpc) is 2.80. The number of nitrogens with one attached hydrogen (secondary N) is 1. The molecule has 2 heterocycles. The summed E-state index contributed by atoms with van der Waals surface area (Å²) in [6.45, 7) is 0.526. The second-order valence-corrected chi connectivity index (χ2v) is 9.26. The van der Waals surface area contributed by atoms with E-state index in [4.69, 9.17) is 0 Å². The summed E-state index contributed by atoms with van der Waals surface area (Å²) >= 11 is 1.56. The number of sulfone groups is 1. The van der Waals surface area contributed by atoms with Crippen LogP contribution in [0.4, 0.5) is 9.93 Å². The lowest BCUT2D eigenvalue weighted by atomic mass is 10.0. The Morgan fingerprint density at radius 3 is 2.50 bits per heavy atom. The summed E-state index contributed by atoms with van der Waals surface area (Å²) in [6, 6.07) is -0.239. The molecule has 0 spiro atoms. The molecule has 122 valence electrons. The Labute approximate surface area is 134 Å². The second-order valence-electron chi connectivity index (χ2n) is 5.87. The van der Waals surface area contributed by atoms with Gasteiger partial charge in [-0.2, -0.15) is 0 Å². The number of carbonyl (C=O) groups is 1. The highest BCUT2D eigenvalue weighted by atomic mass is 32.2. The van der Waals surface area contributed by atoms with Gasteiger partial charge in [-0.1, -0.05) is 12.8 Å². The van der Waals surface area contributed by atoms with Crippen LogP contribution in [0.5, 0.6) is 0 Å². The summed E-state index contributed by atoms with van der Waals surface area (Å²) in [7, 11) is -2.97. The normalized spacial score (nSPS) is 21.5. The summed E-state index contributed by atoms with van der Waals surface area (Å²) in [5.74, 6) is 0.101. The molecule has 2 amide bonds. The van der Waals surface area contributed by atoms with Crippen molar-refractivity contribution in [3.8, 4) is 0 Å². The monoisotopic (exact) mass is 343 g/mol. The minimum atomic E-state index is -2.97. The molecule has 8 heteroatoms. The van der Waals surface area contributed by atoms with Gasteiger partial charge in [0.25, 0.3) is 0 Å². The van der Waals surface area contributed by atoms with Crippen molar-refractivity contribution < 1.29 is 13.2 Å². The number of anilines is 1. The number of urea groups is 1. The van der Waals surface area contributed by atoms with Crippen molar-refractivity contribution in [2.75, 3.05) is 29.9 Å². The molecule has 3 rings (SSSR count). The molecular formula is C14H21N3O3S2. The van der Waals surface area contributed by atoms with Gasteiger partial charge in [0.15, 0.2) is 15.0 Å². The lowest BCUT2D eigenvalue weighted by Gasteiger charge is -2.26. The molecule has 1 fully saturated rings. The Morgan fingerprint density at radius 1 is 1.09 bits per heavy atom. The minimum Gasteiger partial charge on any atom is -0.322 e. The molecule has 2 aliphatic rings. The molecule has 1 N–H and O–H groups in total. The molecule has 0 radical (unpaired) electrons. The van der Waals surface area contributed by atoms with Gasteiger partial charge in [0.2, 0.25) is 0 Å². The third-order valence-corrected chi connectivity index (χ3v) is 6.87. The maximum absolute atomic E-state index is 12.2. The van der Waals surface area contributed by atoms with Crippen molar-refractivity contribution >= 4 is 32.3 Å². The van der Waals surface area contributed by atoms with Crippen LogP contribution in [-0.4, -0.2) is 48.9 Å². The van der Waals surface area contributed by atoms with Crippen molar-refractivity contribution in [3.63, 3.8) is 0 Å². The zero-order valence-electron chi connectivity index (χ0n) is 12.5. The Bertz CT molecular complexity index is 615. The van der Waals surface area contributed by atoms with Crippen molar-refractivity contribution in [1.29, 1.82) is 0 Å². The maximum Gasteiger partial charge on any atom is 0.323 e. The van der Waals surface area contributed by atoms with Gasteiger partial charge in [-0.25, -0.2) is 18.2 Å². The van der Waals surface area contributed by atoms with Gasteiger partial charge in [-0.15, -0.1) is 11.3 Å². The molecule has 1 aromatic heterocycles. The van der Waals surface area contributed by atoms with Crippen molar-refractivity contribution in [2.24, 2.45) is 0 Å². The van der Waals surface area contributed by atoms with Gasteiger partial charge >= 0.3 is 6.03 Å². The first-order chi connectivity index (χ1) is 10.5. The number of thiazole rings is 1. The average molecular weight is 343 g/mol. The van der Waals surface area contributed by atoms with Gasteiger partial charge in [-0.05, 0) is 25.7 Å². The van der Waals surface area contributed by atoms with E-state index in [0.29, 0.717) is 5.13 Å². The number of hydrogen-bond donors (Lipinski definition) is 1. The summed E-state index contributed by atoms with van der Waals surface area (Å²) < 4.78 is 22.8. The van der Waals surface area contributed by atoms with Crippen LogP contribution in [0, 0.1) is 0 Å². The van der Waals surface area contributed by atoms with E-state index < -0.39 is 9.84 Å². The summed E-state index contributed by atoms with van der Waals surface area (Å²) in [6.07, 6.45) is 6.90. The van der Waals surface area contributed by atoms with Crippen molar-refractivity contribution in [2.45, 2.75) is 38.5 Å². The molecule has 0 unspecified atom stereocenters. The van der Waals surface area contributed by atoms with E-state index >= 15 is 0 Å². The topological polar surface area (TPSA) is 79.4 Å². The van der Waals surface area contributed by atoms with Crippen LogP contribution in [0.3, 0.4) is 0 Å². The third-order valence-electron chi connectivity index (χ3n) is 4.19. The standard InChI is InChI=1S/C14H21N3O3S2/c18-14(17-7-9-22(19,20)10-8-17)16-13-15-11-5-3-1-2-4-6-12(11)21-13/h1-10H2,(H,15,16,18). The Hall–Kier alpha value is -1.15. The molecule has 0 atom stereocenters. The van der Waals surface area contributed by atoms with E-state index in [2.05, 4.69) is 10.3 Å². The maximum atomic E-state index is 12.2. The fourth-order valence-electron chi connectivity index (χ4n) is 2.85. The molecule has 1 aromatic rings. The Morgan fingerprint density at radius 2 is 1.77 bits per heavy atom. The number of fused-ring (bicyclic) bond motifs is 1. The van der Waals surface area contributed by atoms with Crippen LogP contribution in [0.15, 0.2) is 0 Å². The van der Waals surface area contributed by atoms with E-state index in [0.717, 1.165) is 25.0 Å². The lowest BCUT2D eigenvalue weighted by Crippen LogP contribution is -2.45. The fourth-order valence-corrected chi connectivity index (χ4v) is 5.09. The van der Waals surface area contributed by atoms with Gasteiger partial charge in [0.1, 0.15) is 0 Å². The first-order valence-corrected chi connectivity index (χ1v) is 10.4. The van der Waals surface area contributed by atoms with E-state index in [9.17, 15) is 13.2 Å². The number of aromatic nitrogens is 1. The van der Waals surface area contributed by atoms with E-state index in [1.54, 1.807) is 16.2 Å². The lowest BCUT2D eigenvalue weighted by molar-refractivity contribution is 0.216. The molecule has 6 nitrogen and oxygen atoms in total. The molecule has 1 saturated heterocycles. The van der Waals surface area contributed by atoms with Crippen LogP contribution in [0.2, 0.25) is 0 Å². The highest BCUT2D eigenvalue weighted by molar-refractivity contribution is 7.91. The third kappa shape index (κ3) is 3.78. The first kappa shape index (κ1) is 15.7. The number of aryl methyl sites for hydroxylation is 2. The van der Waals surface area contributed by atoms with Crippen LogP contribution in [-0.2, 0) is 22.7 Å². The van der Waals surface area contributed by atoms with Crippen LogP contribution >= 0.6 is 11.3 Å². The van der Waals surface area contributed by atoms with E-state index in [-0.39, 0.29) is 30.6 Å². The molecular weight excluding hydrogens is 322 g/mol. The van der Waals surface area contributed by atoms with Gasteiger partial charge in [-0.3, -0.25) is 5.32 Å². The molecule has 0 saturated carbocycles. The van der Waals surface area contributed by atoms with Crippen molar-refractivity contribution in [1.82, 2.24) is 9.88 Å². The van der Waals surface area contributed by atoms with E-state index in [1.165, 1.54) is 24.1 Å². The summed E-state index contributed by atoms with van der Waals surface area (Å²) in [5.41, 5.74) is 1.13. The highest BCUT2D eigenvalue weighted by Crippen LogP contribution is 2.28. The molecule has 0 aromatic carbocycles. The zero-order valence-corrected chi connectivity index (χ0v) is 14.1. The zero-order chi connectivity index (χ0) is 15.6. The van der Waals surface area contributed by atoms with Crippen LogP contribution in [0.1, 0.15) is 36.3 Å². The number of nitrogens with zero attached hydrogens (tertiary/aromatic N) is 2. The number of amides is 2. The number of carbonyl (C=O) groups excluding carboxylic acids is 1. The van der Waals surface area contributed by atoms with E-state index in [1.807, 2.05) is 0 Å². The van der Waals surface area contributed by atoms with Crippen LogP contribution < -0.4 is 5.32 Å². The smallest absolute Gasteiger partial charge is 0.322 e. The summed E-state index contributed by atoms with van der Waals surface area (Å²) in [4.78, 5) is 19.6. The fraction of sp³-hybridized carbons (Fsp3) is 0.714. The molecule has 22 heavy (non-hydrogen) atoms. The highest BCUT2D eigenvalue weighted by Gasteiger charge is 2.25. The Kier molecular flexibility index (Phi) is 4.67. The first-order valence-electron chi connectivity index (χ1n) is 7.78. The predicted molar refractivity (Wildman–Crippen MR) is 87.2 cm³/mol. The largest absolute Gasteiger partial charge is 0.323 e. The quantitative estimate of drug-likeness (QED) is 0.846. The number of rotatable bonds is 1. The number of hydrogen-bond acceptors (Lipinski definition) is 5. The van der Waals surface area contributed by atoms with Gasteiger partial charge in [0.05, 0.1) is 17.2 Å². The van der Waals surface area contributed by atoms with Crippen molar-refractivity contribution in [3.05, 3.63) is 10.6 Å². The van der Waals surface area contributed by atoms with Gasteiger partial charge in [0, 0.05) is 18.0 Å². The van der Waals surface area contributed by atoms with Gasteiger partial charge < -0.3 is 4.90 Å². The second kappa shape index (κ2) is 6.54. The molecule has 1 aliphatic carbocycles. The Balaban J connectivity index is 1.63. The predicted octanol–water partition coefficient (Wildman–Crippen LogP) is 2.06. The molecule has 1 aliphatic heterocycles. The molecule has 0 bridgehead atoms. The SMILES string of the molecule is O=C(Nc1nc2c(s1)CCCCCC2)N1CCS(=O)(=O)CC1. The summed E-state index contributed by atoms with van der Waals surface area (Å²) in [5, 5.41) is 3.48. The minimum absolute atomic E-state index is 0.0504. The van der Waals surface area contributed by atoms with Crippen LogP contribution in [0.25, 0.3) is 0 Å².